The number of aromatic nitrogens is 4. The van der Waals surface area contributed by atoms with Crippen LogP contribution in [-0.4, -0.2) is 56.9 Å². The van der Waals surface area contributed by atoms with Crippen LogP contribution < -0.4 is 0 Å². The fourth-order valence-corrected chi connectivity index (χ4v) is 6.97. The number of rotatable bonds is 5. The molecule has 2 aromatic carbocycles. The van der Waals surface area contributed by atoms with Crippen LogP contribution in [0.25, 0.3) is 43.0 Å². The van der Waals surface area contributed by atoms with Crippen LogP contribution in [0, 0.1) is 0 Å². The topological polar surface area (TPSA) is 63.8 Å². The Morgan fingerprint density at radius 2 is 1.27 bits per heavy atom. The van der Waals surface area contributed by atoms with Crippen molar-refractivity contribution in [3.8, 4) is 32.3 Å². The first-order valence-corrected chi connectivity index (χ1v) is 14.1. The molecule has 37 heavy (non-hydrogen) atoms. The van der Waals surface area contributed by atoms with Gasteiger partial charge in [-0.2, -0.15) is 0 Å². The Hall–Kier alpha value is -3.26. The number of H-pyrrole nitrogens is 2. The van der Waals surface area contributed by atoms with Crippen LogP contribution >= 0.6 is 11.3 Å². The van der Waals surface area contributed by atoms with Gasteiger partial charge in [0.25, 0.3) is 0 Å². The Morgan fingerprint density at radius 1 is 0.703 bits per heavy atom. The molecule has 2 saturated heterocycles. The van der Waals surface area contributed by atoms with Crippen LogP contribution in [0.4, 0.5) is 0 Å². The minimum atomic E-state index is 0.407. The third-order valence-electron chi connectivity index (χ3n) is 8.17. The van der Waals surface area contributed by atoms with Gasteiger partial charge in [-0.1, -0.05) is 24.3 Å². The highest BCUT2D eigenvalue weighted by atomic mass is 32.1. The van der Waals surface area contributed by atoms with E-state index < -0.39 is 0 Å². The quantitative estimate of drug-likeness (QED) is 0.272. The Morgan fingerprint density at radius 3 is 1.92 bits per heavy atom. The average molecular weight is 509 g/mol. The summed E-state index contributed by atoms with van der Waals surface area (Å²) in [5.41, 5.74) is 4.63. The van der Waals surface area contributed by atoms with Crippen molar-refractivity contribution in [3.05, 3.63) is 72.6 Å². The van der Waals surface area contributed by atoms with Gasteiger partial charge in [0.15, 0.2) is 0 Å². The summed E-state index contributed by atoms with van der Waals surface area (Å²) in [7, 11) is 4.37. The fraction of sp³-hybridized carbons (Fsp3) is 0.333. The first kappa shape index (κ1) is 22.9. The SMILES string of the molecule is CN1CCCC1c1ncc(-c2ccc3cc(-c4ccc(-c5cnc(C6CCCN6C)[nH]5)s4)ccc3c2)[nH]1. The van der Waals surface area contributed by atoms with E-state index in [0.717, 1.165) is 36.1 Å². The maximum absolute atomic E-state index is 4.71. The number of likely N-dealkylation sites (tertiary alicyclic amines) is 2. The normalized spacial score (nSPS) is 20.9. The van der Waals surface area contributed by atoms with Gasteiger partial charge in [-0.05, 0) is 93.5 Å². The number of nitrogens with zero attached hydrogens (tertiary/aromatic N) is 4. The Kier molecular flexibility index (Phi) is 5.72. The van der Waals surface area contributed by atoms with Crippen LogP contribution in [0.5, 0.6) is 0 Å². The lowest BCUT2D eigenvalue weighted by Crippen LogP contribution is -2.18. The van der Waals surface area contributed by atoms with Crippen molar-refractivity contribution in [2.75, 3.05) is 27.2 Å². The smallest absolute Gasteiger partial charge is 0.123 e. The van der Waals surface area contributed by atoms with Gasteiger partial charge in [0.2, 0.25) is 0 Å². The van der Waals surface area contributed by atoms with Crippen LogP contribution in [-0.2, 0) is 0 Å². The molecule has 0 spiro atoms. The molecule has 2 unspecified atom stereocenters. The predicted molar refractivity (Wildman–Crippen MR) is 152 cm³/mol. The lowest BCUT2D eigenvalue weighted by Gasteiger charge is -2.16. The average Bonchev–Trinajstić information content (AvgIpc) is 3.73. The van der Waals surface area contributed by atoms with Crippen molar-refractivity contribution in [2.45, 2.75) is 37.8 Å². The molecule has 188 valence electrons. The molecular weight excluding hydrogens is 476 g/mol. The van der Waals surface area contributed by atoms with E-state index in [2.05, 4.69) is 82.4 Å². The van der Waals surface area contributed by atoms with Gasteiger partial charge < -0.3 is 9.97 Å². The number of hydrogen-bond acceptors (Lipinski definition) is 5. The van der Waals surface area contributed by atoms with Gasteiger partial charge in [0.1, 0.15) is 11.6 Å². The van der Waals surface area contributed by atoms with Gasteiger partial charge in [0, 0.05) is 10.4 Å². The first-order valence-electron chi connectivity index (χ1n) is 13.3. The van der Waals surface area contributed by atoms with Gasteiger partial charge >= 0.3 is 0 Å². The molecule has 5 aromatic rings. The second kappa shape index (κ2) is 9.24. The number of imidazole rings is 2. The molecule has 3 aromatic heterocycles. The molecule has 2 fully saturated rings. The molecule has 0 bridgehead atoms. The standard InChI is InChI=1S/C30H32N6S/c1-35-13-3-5-25(35)29-31-17-23(33-29)21-9-7-20-16-22(10-8-19(20)15-21)27-11-12-28(37-27)24-18-32-30(34-24)26-6-4-14-36(26)2/h7-12,15-18,25-26H,3-6,13-14H2,1-2H3,(H,31,33)(H,32,34). The number of benzene rings is 2. The summed E-state index contributed by atoms with van der Waals surface area (Å²) in [5.74, 6) is 2.17. The number of thiophene rings is 1. The lowest BCUT2D eigenvalue weighted by molar-refractivity contribution is 0.307. The highest BCUT2D eigenvalue weighted by Crippen LogP contribution is 2.37. The maximum Gasteiger partial charge on any atom is 0.123 e. The van der Waals surface area contributed by atoms with Crippen molar-refractivity contribution in [1.29, 1.82) is 0 Å². The number of nitrogens with one attached hydrogen (secondary N) is 2. The molecule has 2 aliphatic heterocycles. The second-order valence-electron chi connectivity index (χ2n) is 10.6. The molecule has 0 aliphatic carbocycles. The Bertz CT molecular complexity index is 1560. The number of hydrogen-bond donors (Lipinski definition) is 2. The zero-order chi connectivity index (χ0) is 24.9. The summed E-state index contributed by atoms with van der Waals surface area (Å²) in [6.07, 6.45) is 8.80. The summed E-state index contributed by atoms with van der Waals surface area (Å²) in [6, 6.07) is 18.7. The minimum absolute atomic E-state index is 0.407. The van der Waals surface area contributed by atoms with E-state index in [-0.39, 0.29) is 0 Å². The highest BCUT2D eigenvalue weighted by Gasteiger charge is 2.26. The van der Waals surface area contributed by atoms with Crippen molar-refractivity contribution in [1.82, 2.24) is 29.7 Å². The van der Waals surface area contributed by atoms with Crippen LogP contribution in [0.2, 0.25) is 0 Å². The Balaban J connectivity index is 1.12. The largest absolute Gasteiger partial charge is 0.341 e. The summed E-state index contributed by atoms with van der Waals surface area (Å²) in [6.45, 7) is 2.29. The van der Waals surface area contributed by atoms with E-state index in [4.69, 9.17) is 9.97 Å². The second-order valence-corrected chi connectivity index (χ2v) is 11.7. The van der Waals surface area contributed by atoms with Gasteiger partial charge in [-0.25, -0.2) is 9.97 Å². The van der Waals surface area contributed by atoms with E-state index >= 15 is 0 Å². The van der Waals surface area contributed by atoms with Gasteiger partial charge in [-0.3, -0.25) is 9.80 Å². The highest BCUT2D eigenvalue weighted by molar-refractivity contribution is 7.18. The molecule has 2 N–H and O–H groups in total. The lowest BCUT2D eigenvalue weighted by atomic mass is 10.0. The molecule has 2 atom stereocenters. The molecule has 0 amide bonds. The third-order valence-corrected chi connectivity index (χ3v) is 9.34. The van der Waals surface area contributed by atoms with Crippen molar-refractivity contribution >= 4 is 22.1 Å². The van der Waals surface area contributed by atoms with Crippen LogP contribution in [0.15, 0.2) is 60.9 Å². The summed E-state index contributed by atoms with van der Waals surface area (Å²) in [4.78, 5) is 23.9. The predicted octanol–water partition coefficient (Wildman–Crippen LogP) is 6.88. The summed E-state index contributed by atoms with van der Waals surface area (Å²) < 4.78 is 0. The fourth-order valence-electron chi connectivity index (χ4n) is 6.00. The van der Waals surface area contributed by atoms with E-state index in [0.29, 0.717) is 12.1 Å². The first-order chi connectivity index (χ1) is 18.1. The van der Waals surface area contributed by atoms with E-state index in [1.807, 2.05) is 23.7 Å². The summed E-state index contributed by atoms with van der Waals surface area (Å²) >= 11 is 1.82. The van der Waals surface area contributed by atoms with E-state index in [1.165, 1.54) is 57.3 Å². The van der Waals surface area contributed by atoms with Crippen LogP contribution in [0.1, 0.15) is 49.4 Å². The minimum Gasteiger partial charge on any atom is -0.341 e. The molecule has 5 heterocycles. The molecule has 0 radical (unpaired) electrons. The zero-order valence-corrected chi connectivity index (χ0v) is 22.2. The zero-order valence-electron chi connectivity index (χ0n) is 21.4. The van der Waals surface area contributed by atoms with Gasteiger partial charge in [0.05, 0.1) is 40.7 Å². The van der Waals surface area contributed by atoms with Crippen molar-refractivity contribution in [3.63, 3.8) is 0 Å². The van der Waals surface area contributed by atoms with E-state index in [1.54, 1.807) is 0 Å². The van der Waals surface area contributed by atoms with Gasteiger partial charge in [-0.15, -0.1) is 11.3 Å². The summed E-state index contributed by atoms with van der Waals surface area (Å²) in [5, 5.41) is 2.49. The maximum atomic E-state index is 4.71. The molecular formula is C30H32N6S. The van der Waals surface area contributed by atoms with Crippen LogP contribution in [0.3, 0.4) is 0 Å². The third kappa shape index (κ3) is 4.21. The molecule has 7 rings (SSSR count). The van der Waals surface area contributed by atoms with Crippen molar-refractivity contribution < 1.29 is 0 Å². The van der Waals surface area contributed by atoms with E-state index in [9.17, 15) is 0 Å². The molecule has 7 heteroatoms. The molecule has 2 aliphatic rings. The number of fused-ring (bicyclic) bond motifs is 1. The number of aromatic amines is 2. The molecule has 0 saturated carbocycles. The Labute approximate surface area is 221 Å². The van der Waals surface area contributed by atoms with Crippen molar-refractivity contribution in [2.24, 2.45) is 0 Å². The molecule has 6 nitrogen and oxygen atoms in total. The monoisotopic (exact) mass is 508 g/mol.